The van der Waals surface area contributed by atoms with Gasteiger partial charge in [0.2, 0.25) is 0 Å². The summed E-state index contributed by atoms with van der Waals surface area (Å²) in [5, 5.41) is 3.14. The molecule has 174 valence electrons. The van der Waals surface area contributed by atoms with E-state index in [2.05, 4.69) is 15.3 Å². The Morgan fingerprint density at radius 1 is 1.15 bits per heavy atom. The van der Waals surface area contributed by atoms with Gasteiger partial charge in [-0.1, -0.05) is 0 Å². The Balaban J connectivity index is 0.000000165. The molecule has 0 fully saturated rings. The molecule has 7 N–H and O–H groups in total. The van der Waals surface area contributed by atoms with Crippen LogP contribution in [-0.2, 0) is 11.0 Å². The van der Waals surface area contributed by atoms with Crippen molar-refractivity contribution < 1.29 is 22.4 Å². The number of halogens is 3. The van der Waals surface area contributed by atoms with Crippen LogP contribution in [-0.4, -0.2) is 22.3 Å². The Labute approximate surface area is 191 Å². The second-order valence-electron chi connectivity index (χ2n) is 7.72. The highest BCUT2D eigenvalue weighted by molar-refractivity contribution is 7.71. The van der Waals surface area contributed by atoms with E-state index in [1.54, 1.807) is 6.26 Å². The molecule has 7 nitrogen and oxygen atoms in total. The minimum absolute atomic E-state index is 0.161. The predicted molar refractivity (Wildman–Crippen MR) is 119 cm³/mol. The highest BCUT2D eigenvalue weighted by Crippen LogP contribution is 2.40. The molecule has 3 aromatic rings. The number of furan rings is 1. The number of Topliss-reactive ketones (excluding diaryl/α,β-unsaturated/α-hetero) is 1. The van der Waals surface area contributed by atoms with Gasteiger partial charge in [-0.25, -0.2) is 0 Å². The van der Waals surface area contributed by atoms with E-state index in [1.165, 1.54) is 6.07 Å². The predicted octanol–water partition coefficient (Wildman–Crippen LogP) is 4.35. The molecule has 1 aromatic carbocycles. The van der Waals surface area contributed by atoms with Gasteiger partial charge in [0.25, 0.3) is 0 Å². The van der Waals surface area contributed by atoms with Crippen LogP contribution in [0.4, 0.5) is 13.2 Å². The Kier molecular flexibility index (Phi) is 6.17. The number of benzene rings is 1. The Morgan fingerprint density at radius 2 is 1.91 bits per heavy atom. The molecule has 2 aliphatic rings. The first-order chi connectivity index (χ1) is 15.7. The van der Waals surface area contributed by atoms with Crippen molar-refractivity contribution in [3.8, 4) is 0 Å². The summed E-state index contributed by atoms with van der Waals surface area (Å²) in [5.41, 5.74) is 14.6. The number of H-pyrrole nitrogens is 2. The third-order valence-electron chi connectivity index (χ3n) is 5.62. The molecule has 0 saturated carbocycles. The average molecular weight is 478 g/mol. The van der Waals surface area contributed by atoms with E-state index in [-0.39, 0.29) is 11.7 Å². The number of aromatic nitrogens is 2. The number of nitrogens with two attached hydrogens (primary N) is 2. The number of hydrogen-bond acceptors (Lipinski definition) is 6. The molecule has 0 bridgehead atoms. The molecule has 1 aliphatic heterocycles. The molecule has 0 amide bonds. The zero-order valence-corrected chi connectivity index (χ0v) is 18.2. The van der Waals surface area contributed by atoms with E-state index in [0.29, 0.717) is 34.6 Å². The van der Waals surface area contributed by atoms with Crippen molar-refractivity contribution in [1.82, 2.24) is 15.3 Å². The number of carbonyl (C=O) groups is 1. The van der Waals surface area contributed by atoms with Crippen LogP contribution in [0.15, 0.2) is 63.7 Å². The Bertz CT molecular complexity index is 1300. The monoisotopic (exact) mass is 477 g/mol. The summed E-state index contributed by atoms with van der Waals surface area (Å²) >= 11 is 4.76. The van der Waals surface area contributed by atoms with Crippen LogP contribution in [0, 0.1) is 4.77 Å². The van der Waals surface area contributed by atoms with E-state index in [4.69, 9.17) is 28.1 Å². The fraction of sp³-hybridized carbons (Fsp3) is 0.273. The second kappa shape index (κ2) is 8.91. The van der Waals surface area contributed by atoms with Crippen LogP contribution in [0.2, 0.25) is 0 Å². The molecule has 0 saturated heterocycles. The lowest BCUT2D eigenvalue weighted by Crippen LogP contribution is -2.37. The van der Waals surface area contributed by atoms with Gasteiger partial charge in [0.15, 0.2) is 10.6 Å². The standard InChI is InChI=1S/C14H17N3O2.C8H5F3N2S/c15-7-8-12(11-5-2-6-19-11)13-9(17-14(8)16)3-1-4-10(13)18;9-8(10,11)4-1-2-5-6(3-4)13-7(14)12-5/h2,5-6,12,17H,1,3-4,7,15-16H2;1-3H,(H2,12,13,14). The van der Waals surface area contributed by atoms with Crippen molar-refractivity contribution in [2.24, 2.45) is 11.5 Å². The van der Waals surface area contributed by atoms with E-state index >= 15 is 0 Å². The smallest absolute Gasteiger partial charge is 0.416 e. The summed E-state index contributed by atoms with van der Waals surface area (Å²) in [6.45, 7) is 0.300. The average Bonchev–Trinajstić information content (AvgIpc) is 3.41. The zero-order chi connectivity index (χ0) is 23.8. The van der Waals surface area contributed by atoms with Gasteiger partial charge in [-0.05, 0) is 61.0 Å². The molecule has 2 aromatic heterocycles. The van der Waals surface area contributed by atoms with E-state index in [0.717, 1.165) is 47.6 Å². The van der Waals surface area contributed by atoms with Gasteiger partial charge < -0.3 is 31.2 Å². The van der Waals surface area contributed by atoms with Crippen molar-refractivity contribution >= 4 is 29.0 Å². The lowest BCUT2D eigenvalue weighted by Gasteiger charge is -2.33. The molecule has 0 spiro atoms. The number of allylic oxidation sites excluding steroid dienone is 2. The summed E-state index contributed by atoms with van der Waals surface area (Å²) in [5.74, 6) is 1.21. The van der Waals surface area contributed by atoms with E-state index in [9.17, 15) is 18.0 Å². The fourth-order valence-electron chi connectivity index (χ4n) is 4.11. The van der Waals surface area contributed by atoms with Gasteiger partial charge in [0, 0.05) is 24.2 Å². The van der Waals surface area contributed by atoms with Crippen LogP contribution in [0.25, 0.3) is 11.0 Å². The maximum Gasteiger partial charge on any atom is 0.416 e. The first kappa shape index (κ1) is 22.9. The van der Waals surface area contributed by atoms with Crippen LogP contribution < -0.4 is 16.8 Å². The van der Waals surface area contributed by atoms with Crippen LogP contribution in [0.1, 0.15) is 36.5 Å². The van der Waals surface area contributed by atoms with E-state index < -0.39 is 11.7 Å². The number of aromatic amines is 2. The zero-order valence-electron chi connectivity index (χ0n) is 17.4. The molecule has 5 rings (SSSR count). The molecular formula is C22H22F3N5O2S. The molecule has 3 heterocycles. The minimum Gasteiger partial charge on any atom is -0.468 e. The van der Waals surface area contributed by atoms with E-state index in [1.807, 2.05) is 12.1 Å². The molecule has 1 unspecified atom stereocenters. The number of carbonyl (C=O) groups excluding carboxylic acids is 1. The third-order valence-corrected chi connectivity index (χ3v) is 5.82. The normalized spacial score (nSPS) is 18.7. The number of dihydropyridines is 1. The van der Waals surface area contributed by atoms with Crippen molar-refractivity contribution in [2.75, 3.05) is 6.54 Å². The number of rotatable bonds is 2. The molecule has 1 atom stereocenters. The summed E-state index contributed by atoms with van der Waals surface area (Å²) in [7, 11) is 0. The topological polar surface area (TPSA) is 126 Å². The second-order valence-corrected chi connectivity index (χ2v) is 8.13. The largest absolute Gasteiger partial charge is 0.468 e. The quantitative estimate of drug-likeness (QED) is 0.350. The molecular weight excluding hydrogens is 455 g/mol. The SMILES string of the molecule is FC(F)(F)c1ccc2[nH]c(=S)[nH]c2c1.NCC1=C(N)NC2=C(C(=O)CCC2)C1c1ccco1. The van der Waals surface area contributed by atoms with Crippen LogP contribution in [0.3, 0.4) is 0 Å². The third kappa shape index (κ3) is 4.60. The molecule has 0 radical (unpaired) electrons. The van der Waals surface area contributed by atoms with Crippen molar-refractivity contribution in [2.45, 2.75) is 31.4 Å². The Morgan fingerprint density at radius 3 is 2.58 bits per heavy atom. The maximum absolute atomic E-state index is 12.3. The summed E-state index contributed by atoms with van der Waals surface area (Å²) in [6.07, 6.45) is -0.427. The highest BCUT2D eigenvalue weighted by Gasteiger charge is 2.36. The number of fused-ring (bicyclic) bond motifs is 1. The Hall–Kier alpha value is -3.31. The van der Waals surface area contributed by atoms with Crippen LogP contribution in [0.5, 0.6) is 0 Å². The van der Waals surface area contributed by atoms with Gasteiger partial charge in [-0.3, -0.25) is 4.79 Å². The first-order valence-electron chi connectivity index (χ1n) is 10.2. The van der Waals surface area contributed by atoms with Gasteiger partial charge in [0.1, 0.15) is 11.6 Å². The summed E-state index contributed by atoms with van der Waals surface area (Å²) in [6, 6.07) is 7.08. The first-order valence-corrected chi connectivity index (χ1v) is 10.6. The molecule has 33 heavy (non-hydrogen) atoms. The lowest BCUT2D eigenvalue weighted by molar-refractivity contribution is -0.137. The summed E-state index contributed by atoms with van der Waals surface area (Å²) in [4.78, 5) is 17.6. The van der Waals surface area contributed by atoms with Crippen molar-refractivity contribution in [3.63, 3.8) is 0 Å². The number of alkyl halides is 3. The summed E-state index contributed by atoms with van der Waals surface area (Å²) < 4.78 is 42.6. The number of nitrogens with one attached hydrogen (secondary N) is 3. The van der Waals surface area contributed by atoms with Gasteiger partial charge in [-0.2, -0.15) is 13.2 Å². The fourth-order valence-corrected chi connectivity index (χ4v) is 4.33. The van der Waals surface area contributed by atoms with Gasteiger partial charge in [-0.15, -0.1) is 0 Å². The molecule has 11 heteroatoms. The number of ketones is 1. The minimum atomic E-state index is -4.32. The molecule has 1 aliphatic carbocycles. The number of hydrogen-bond donors (Lipinski definition) is 5. The highest BCUT2D eigenvalue weighted by atomic mass is 32.1. The lowest BCUT2D eigenvalue weighted by atomic mass is 9.78. The van der Waals surface area contributed by atoms with Gasteiger partial charge >= 0.3 is 6.18 Å². The van der Waals surface area contributed by atoms with Gasteiger partial charge in [0.05, 0.1) is 28.8 Å². The van der Waals surface area contributed by atoms with Crippen molar-refractivity contribution in [3.05, 3.63) is 75.4 Å². The van der Waals surface area contributed by atoms with Crippen molar-refractivity contribution in [1.29, 1.82) is 0 Å². The maximum atomic E-state index is 12.3. The van der Waals surface area contributed by atoms with Crippen LogP contribution >= 0.6 is 12.2 Å². The number of imidazole rings is 1.